The number of carboxylic acids is 1. The van der Waals surface area contributed by atoms with E-state index in [-0.39, 0.29) is 12.3 Å². The van der Waals surface area contributed by atoms with Crippen molar-refractivity contribution in [1.29, 1.82) is 0 Å². The van der Waals surface area contributed by atoms with Gasteiger partial charge in [0.2, 0.25) is 0 Å². The first-order valence-electron chi connectivity index (χ1n) is 6.09. The third-order valence-electron chi connectivity index (χ3n) is 2.83. The average molecular weight is 264 g/mol. The number of hydrogen-bond donors (Lipinski definition) is 3. The Morgan fingerprint density at radius 2 is 2.32 bits per heavy atom. The molecule has 0 saturated heterocycles. The van der Waals surface area contributed by atoms with Gasteiger partial charge >= 0.3 is 11.7 Å². The lowest BCUT2D eigenvalue weighted by Crippen LogP contribution is -2.22. The maximum absolute atomic E-state index is 11.0. The van der Waals surface area contributed by atoms with Gasteiger partial charge in [0, 0.05) is 13.0 Å². The van der Waals surface area contributed by atoms with Crippen LogP contribution in [0.2, 0.25) is 0 Å². The summed E-state index contributed by atoms with van der Waals surface area (Å²) in [6, 6.07) is 5.45. The first-order chi connectivity index (χ1) is 9.04. The molecule has 1 heterocycles. The van der Waals surface area contributed by atoms with E-state index in [1.807, 2.05) is 19.1 Å². The molecule has 0 aliphatic heterocycles. The van der Waals surface area contributed by atoms with Crippen LogP contribution < -0.4 is 11.1 Å². The summed E-state index contributed by atoms with van der Waals surface area (Å²) in [4.78, 5) is 24.1. The number of aliphatic carboxylic acids is 1. The number of carbonyl (C=O) groups is 1. The van der Waals surface area contributed by atoms with E-state index in [1.54, 1.807) is 6.07 Å². The third-order valence-corrected chi connectivity index (χ3v) is 2.83. The summed E-state index contributed by atoms with van der Waals surface area (Å²) in [5.74, 6) is -1.17. The molecule has 0 aliphatic rings. The van der Waals surface area contributed by atoms with E-state index in [1.165, 1.54) is 0 Å². The molecule has 102 valence electrons. The van der Waals surface area contributed by atoms with E-state index in [2.05, 4.69) is 10.3 Å². The fourth-order valence-corrected chi connectivity index (χ4v) is 1.94. The molecule has 0 fully saturated rings. The summed E-state index contributed by atoms with van der Waals surface area (Å²) in [7, 11) is 0. The Labute approximate surface area is 109 Å². The van der Waals surface area contributed by atoms with Crippen LogP contribution in [0.15, 0.2) is 27.4 Å². The van der Waals surface area contributed by atoms with Crippen LogP contribution in [0.4, 0.5) is 0 Å². The summed E-state index contributed by atoms with van der Waals surface area (Å²) in [5.41, 5.74) is 2.21. The maximum atomic E-state index is 11.0. The predicted octanol–water partition coefficient (Wildman–Crippen LogP) is 1.32. The number of H-pyrrole nitrogens is 1. The number of nitrogens with one attached hydrogen (secondary N) is 2. The highest BCUT2D eigenvalue weighted by Gasteiger charge is 2.07. The van der Waals surface area contributed by atoms with E-state index in [0.717, 1.165) is 5.56 Å². The highest BCUT2D eigenvalue weighted by molar-refractivity contribution is 5.72. The smallest absolute Gasteiger partial charge is 0.417 e. The van der Waals surface area contributed by atoms with Crippen LogP contribution in [0, 0.1) is 5.92 Å². The lowest BCUT2D eigenvalue weighted by Gasteiger charge is -2.10. The van der Waals surface area contributed by atoms with Gasteiger partial charge in [-0.05, 0) is 30.2 Å². The molecule has 0 radical (unpaired) electrons. The van der Waals surface area contributed by atoms with Crippen molar-refractivity contribution in [2.24, 2.45) is 5.92 Å². The minimum atomic E-state index is -0.785. The maximum Gasteiger partial charge on any atom is 0.417 e. The normalized spacial score (nSPS) is 12.7. The van der Waals surface area contributed by atoms with E-state index in [0.29, 0.717) is 24.2 Å². The number of carboxylic acid groups (broad SMARTS) is 1. The first kappa shape index (κ1) is 13.4. The highest BCUT2D eigenvalue weighted by atomic mass is 16.4. The fourth-order valence-electron chi connectivity index (χ4n) is 1.94. The molecule has 3 N–H and O–H groups in total. The molecule has 6 heteroatoms. The molecule has 19 heavy (non-hydrogen) atoms. The van der Waals surface area contributed by atoms with Gasteiger partial charge in [-0.1, -0.05) is 13.0 Å². The predicted molar refractivity (Wildman–Crippen MR) is 70.0 cm³/mol. The van der Waals surface area contributed by atoms with Crippen molar-refractivity contribution in [3.8, 4) is 0 Å². The van der Waals surface area contributed by atoms with Crippen LogP contribution in [0.3, 0.4) is 0 Å². The topological polar surface area (TPSA) is 95.3 Å². The van der Waals surface area contributed by atoms with Crippen LogP contribution in [0.1, 0.15) is 18.9 Å². The number of benzene rings is 1. The minimum Gasteiger partial charge on any atom is -0.481 e. The molecule has 0 spiro atoms. The zero-order valence-corrected chi connectivity index (χ0v) is 10.6. The van der Waals surface area contributed by atoms with Gasteiger partial charge in [0.15, 0.2) is 5.58 Å². The Bertz CT molecular complexity index is 629. The van der Waals surface area contributed by atoms with Crippen molar-refractivity contribution in [3.63, 3.8) is 0 Å². The molecule has 0 saturated carbocycles. The molecule has 1 unspecified atom stereocenters. The van der Waals surface area contributed by atoms with Crippen LogP contribution in [-0.4, -0.2) is 22.6 Å². The number of aromatic amines is 1. The molecule has 1 aromatic carbocycles. The SMILES string of the molecule is CC(CNCc1ccc2oc(=O)[nH]c2c1)CC(=O)O. The second-order valence-electron chi connectivity index (χ2n) is 4.68. The molecule has 0 amide bonds. The van der Waals surface area contributed by atoms with Crippen LogP contribution in [0.5, 0.6) is 0 Å². The quantitative estimate of drug-likeness (QED) is 0.731. The summed E-state index contributed by atoms with van der Waals surface area (Å²) in [5, 5.41) is 11.8. The fraction of sp³-hybridized carbons (Fsp3) is 0.385. The van der Waals surface area contributed by atoms with Gasteiger partial charge in [0.1, 0.15) is 0 Å². The second kappa shape index (κ2) is 5.71. The van der Waals surface area contributed by atoms with E-state index in [4.69, 9.17) is 9.52 Å². The largest absolute Gasteiger partial charge is 0.481 e. The van der Waals surface area contributed by atoms with Crippen molar-refractivity contribution in [1.82, 2.24) is 10.3 Å². The monoisotopic (exact) mass is 264 g/mol. The molecule has 1 atom stereocenters. The van der Waals surface area contributed by atoms with Gasteiger partial charge in [0.25, 0.3) is 0 Å². The van der Waals surface area contributed by atoms with Gasteiger partial charge in [0.05, 0.1) is 5.52 Å². The minimum absolute atomic E-state index is 0.0787. The zero-order valence-electron chi connectivity index (χ0n) is 10.6. The Kier molecular flexibility index (Phi) is 4.01. The molecule has 0 bridgehead atoms. The zero-order chi connectivity index (χ0) is 13.8. The second-order valence-corrected chi connectivity index (χ2v) is 4.68. The van der Waals surface area contributed by atoms with Crippen molar-refractivity contribution in [3.05, 3.63) is 34.3 Å². The molecule has 2 aromatic rings. The molecule has 1 aromatic heterocycles. The summed E-state index contributed by atoms with van der Waals surface area (Å²) in [6.07, 6.45) is 0.154. The molecular weight excluding hydrogens is 248 g/mol. The molecule has 2 rings (SSSR count). The van der Waals surface area contributed by atoms with E-state index >= 15 is 0 Å². The average Bonchev–Trinajstić information content (AvgIpc) is 2.67. The van der Waals surface area contributed by atoms with E-state index < -0.39 is 11.7 Å². The van der Waals surface area contributed by atoms with Gasteiger partial charge in [-0.2, -0.15) is 0 Å². The Hall–Kier alpha value is -2.08. The highest BCUT2D eigenvalue weighted by Crippen LogP contribution is 2.12. The Morgan fingerprint density at radius 1 is 1.53 bits per heavy atom. The number of fused-ring (bicyclic) bond motifs is 1. The van der Waals surface area contributed by atoms with Crippen molar-refractivity contribution >= 4 is 17.1 Å². The number of hydrogen-bond acceptors (Lipinski definition) is 4. The molecular formula is C13H16N2O4. The van der Waals surface area contributed by atoms with Crippen LogP contribution in [0.25, 0.3) is 11.1 Å². The van der Waals surface area contributed by atoms with Gasteiger partial charge < -0.3 is 14.8 Å². The Balaban J connectivity index is 1.91. The Morgan fingerprint density at radius 3 is 3.05 bits per heavy atom. The lowest BCUT2D eigenvalue weighted by molar-refractivity contribution is -0.137. The van der Waals surface area contributed by atoms with Crippen LogP contribution in [-0.2, 0) is 11.3 Å². The molecule has 6 nitrogen and oxygen atoms in total. The van der Waals surface area contributed by atoms with Gasteiger partial charge in [-0.15, -0.1) is 0 Å². The summed E-state index contributed by atoms with van der Waals surface area (Å²) < 4.78 is 4.91. The first-order valence-corrected chi connectivity index (χ1v) is 6.09. The molecule has 0 aliphatic carbocycles. The number of oxazole rings is 1. The van der Waals surface area contributed by atoms with Crippen molar-refractivity contribution < 1.29 is 14.3 Å². The van der Waals surface area contributed by atoms with Crippen molar-refractivity contribution in [2.75, 3.05) is 6.54 Å². The van der Waals surface area contributed by atoms with E-state index in [9.17, 15) is 9.59 Å². The van der Waals surface area contributed by atoms with Gasteiger partial charge in [-0.25, -0.2) is 4.79 Å². The third kappa shape index (κ3) is 3.69. The van der Waals surface area contributed by atoms with Gasteiger partial charge in [-0.3, -0.25) is 9.78 Å². The van der Waals surface area contributed by atoms with Crippen LogP contribution >= 0.6 is 0 Å². The summed E-state index contributed by atoms with van der Waals surface area (Å²) >= 11 is 0. The number of aromatic nitrogens is 1. The summed E-state index contributed by atoms with van der Waals surface area (Å²) in [6.45, 7) is 3.14. The standard InChI is InChI=1S/C13H16N2O4/c1-8(4-12(16)17)6-14-7-9-2-3-11-10(5-9)15-13(18)19-11/h2-3,5,8,14H,4,6-7H2,1H3,(H,15,18)(H,16,17). The lowest BCUT2D eigenvalue weighted by atomic mass is 10.1. The van der Waals surface area contributed by atoms with Crippen molar-refractivity contribution in [2.45, 2.75) is 19.9 Å². The number of rotatable bonds is 6.